The Bertz CT molecular complexity index is 2770. The number of esters is 2. The Kier molecular flexibility index (Phi) is 14.4. The maximum Gasteiger partial charge on any atom is 0.524 e. The maximum atomic E-state index is 14.6. The van der Waals surface area contributed by atoms with Crippen LogP contribution in [-0.4, -0.2) is 103 Å². The minimum atomic E-state index is -5.22. The molecule has 4 aliphatic heterocycles. The molecule has 3 N–H and O–H groups in total. The van der Waals surface area contributed by atoms with Crippen LogP contribution in [0.2, 0.25) is 0 Å². The molecule has 4 atom stereocenters. The number of nitrogens with one attached hydrogen (secondary N) is 1. The number of nitrogens with zero attached hydrogens (tertiary/aromatic N) is 4. The lowest BCUT2D eigenvalue weighted by atomic mass is 9.77. The zero-order valence-corrected chi connectivity index (χ0v) is 41.2. The topological polar surface area (TPSA) is 242 Å². The number of amides is 3. The molecule has 2 fully saturated rings. The lowest BCUT2D eigenvalue weighted by Gasteiger charge is -2.42. The number of benzene rings is 2. The summed E-state index contributed by atoms with van der Waals surface area (Å²) in [6.45, 7) is 12.5. The molecular formula is C48H58F2N5O14P. The minimum Gasteiger partial charge on any atom is -0.458 e. The first-order chi connectivity index (χ1) is 32.7. The molecule has 3 aromatic rings. The Morgan fingerprint density at radius 2 is 1.76 bits per heavy atom. The first kappa shape index (κ1) is 51.7. The van der Waals surface area contributed by atoms with Gasteiger partial charge in [0.15, 0.2) is 11.3 Å². The highest BCUT2D eigenvalue weighted by atomic mass is 31.2. The van der Waals surface area contributed by atoms with Crippen LogP contribution in [0.25, 0.3) is 0 Å². The van der Waals surface area contributed by atoms with Crippen molar-refractivity contribution >= 4 is 43.2 Å². The molecule has 70 heavy (non-hydrogen) atoms. The van der Waals surface area contributed by atoms with Gasteiger partial charge in [-0.3, -0.25) is 33.8 Å². The van der Waals surface area contributed by atoms with Crippen LogP contribution >= 0.6 is 7.82 Å². The van der Waals surface area contributed by atoms with Gasteiger partial charge in [-0.05, 0) is 90.5 Å². The van der Waals surface area contributed by atoms with Gasteiger partial charge >= 0.3 is 19.8 Å². The summed E-state index contributed by atoms with van der Waals surface area (Å²) in [4.78, 5) is 113. The van der Waals surface area contributed by atoms with Gasteiger partial charge < -0.3 is 43.3 Å². The molecule has 22 heteroatoms. The third-order valence-electron chi connectivity index (χ3n) is 12.9. The first-order valence-corrected chi connectivity index (χ1v) is 24.4. The number of ether oxygens (including phenoxy) is 3. The number of carbonyl (C=O) groups is 5. The van der Waals surface area contributed by atoms with Crippen molar-refractivity contribution in [2.24, 2.45) is 5.16 Å². The SMILES string of the molecule is CC1=NO[C@@]2(CC[C@H](C)N3C[C@H]2n2cc(C(=O)NCc4ccc(F)cc4F)c(=O)c(OCOC(=O)CC(C)(C)c4c(CC(=O)N5CCC[C@@H]5C(=O)OC(C)(C)C)cc(C)cc4OP(=O)(O)O)c2C3=O)C1. The van der Waals surface area contributed by atoms with Gasteiger partial charge in [0.25, 0.3) is 11.8 Å². The standard InChI is InChI=1S/C48H58F2N5O14P/c1-26-16-30(18-37(56)53-15-9-10-34(53)45(61)67-46(4,5)6)39(35(17-26)68-70(62,63)64)47(7,8)21-38(57)65-25-66-42-40-44(60)54-24-36(48(14-13-28(54)3)20-27(2)52-69-48)55(40)23-32(41(42)58)43(59)51-22-29-11-12-31(49)19-33(29)50/h11-12,16-17,19,23,28,34,36H,9-10,13-15,18,20-22,24-25H2,1-8H3,(H,51,59)(H2,62,63,64)/t28-,34+,36+,48-/m0/s1. The maximum absolute atomic E-state index is 14.6. The molecule has 4 aliphatic rings. The number of hydrogen-bond acceptors (Lipinski definition) is 13. The summed E-state index contributed by atoms with van der Waals surface area (Å²) < 4.78 is 64.2. The van der Waals surface area contributed by atoms with E-state index in [1.165, 1.54) is 21.7 Å². The molecule has 19 nitrogen and oxygen atoms in total. The summed E-state index contributed by atoms with van der Waals surface area (Å²) in [7, 11) is -5.22. The molecule has 3 amide bonds. The molecule has 1 spiro atoms. The number of carbonyl (C=O) groups excluding carboxylic acids is 5. The van der Waals surface area contributed by atoms with E-state index in [1.54, 1.807) is 59.4 Å². The normalized spacial score (nSPS) is 21.1. The first-order valence-electron chi connectivity index (χ1n) is 22.9. The van der Waals surface area contributed by atoms with Crippen molar-refractivity contribution < 1.29 is 70.7 Å². The van der Waals surface area contributed by atoms with E-state index in [0.29, 0.717) is 49.4 Å². The van der Waals surface area contributed by atoms with E-state index in [0.717, 1.165) is 12.1 Å². The van der Waals surface area contributed by atoms with Gasteiger partial charge in [0.2, 0.25) is 23.9 Å². The lowest BCUT2D eigenvalue weighted by molar-refractivity contribution is -0.163. The Balaban J connectivity index is 1.18. The van der Waals surface area contributed by atoms with Gasteiger partial charge in [0.05, 0.1) is 24.6 Å². The summed E-state index contributed by atoms with van der Waals surface area (Å²) in [6.07, 6.45) is 2.57. The minimum absolute atomic E-state index is 0.0724. The van der Waals surface area contributed by atoms with Gasteiger partial charge in [-0.25, -0.2) is 18.1 Å². The van der Waals surface area contributed by atoms with Crippen LogP contribution in [0.3, 0.4) is 0 Å². The van der Waals surface area contributed by atoms with Gasteiger partial charge in [-0.1, -0.05) is 31.1 Å². The lowest BCUT2D eigenvalue weighted by Crippen LogP contribution is -2.52. The molecular weight excluding hydrogens is 940 g/mol. The average molecular weight is 998 g/mol. The number of fused-ring (bicyclic) bond motifs is 5. The zero-order valence-electron chi connectivity index (χ0n) is 40.3. The van der Waals surface area contributed by atoms with Crippen molar-refractivity contribution in [3.63, 3.8) is 0 Å². The number of likely N-dealkylation sites (tertiary alicyclic amines) is 1. The van der Waals surface area contributed by atoms with E-state index in [1.807, 2.05) is 6.92 Å². The van der Waals surface area contributed by atoms with E-state index in [4.69, 9.17) is 23.6 Å². The molecule has 378 valence electrons. The number of pyridine rings is 1. The van der Waals surface area contributed by atoms with E-state index in [9.17, 15) is 51.9 Å². The fraction of sp³-hybridized carbons (Fsp3) is 0.521. The van der Waals surface area contributed by atoms with Crippen LogP contribution < -0.4 is 20.0 Å². The number of phosphoric ester groups is 1. The van der Waals surface area contributed by atoms with Crippen molar-refractivity contribution in [1.82, 2.24) is 19.7 Å². The molecule has 0 saturated carbocycles. The number of aryl methyl sites for hydroxylation is 1. The Morgan fingerprint density at radius 3 is 2.41 bits per heavy atom. The van der Waals surface area contributed by atoms with Crippen molar-refractivity contribution in [3.05, 3.63) is 91.9 Å². The summed E-state index contributed by atoms with van der Waals surface area (Å²) in [5.41, 5.74) is -3.59. The number of rotatable bonds is 14. The predicted octanol–water partition coefficient (Wildman–Crippen LogP) is 5.67. The fourth-order valence-electron chi connectivity index (χ4n) is 9.87. The number of hydrogen-bond donors (Lipinski definition) is 3. The van der Waals surface area contributed by atoms with Gasteiger partial charge in [-0.2, -0.15) is 0 Å². The second-order valence-electron chi connectivity index (χ2n) is 20.1. The van der Waals surface area contributed by atoms with Gasteiger partial charge in [0.1, 0.15) is 34.6 Å². The zero-order chi connectivity index (χ0) is 51.2. The van der Waals surface area contributed by atoms with E-state index in [-0.39, 0.29) is 53.7 Å². The molecule has 2 bridgehead atoms. The summed E-state index contributed by atoms with van der Waals surface area (Å²) in [6, 6.07) is 3.88. The van der Waals surface area contributed by atoms with E-state index >= 15 is 0 Å². The van der Waals surface area contributed by atoms with Crippen LogP contribution in [0.4, 0.5) is 8.78 Å². The number of phosphoric acid groups is 1. The molecule has 7 rings (SSSR count). The Morgan fingerprint density at radius 1 is 1.03 bits per heavy atom. The monoisotopic (exact) mass is 997 g/mol. The smallest absolute Gasteiger partial charge is 0.458 e. The van der Waals surface area contributed by atoms with E-state index in [2.05, 4.69) is 10.5 Å². The molecule has 1 aromatic heterocycles. The fourth-order valence-corrected chi connectivity index (χ4v) is 10.3. The van der Waals surface area contributed by atoms with Crippen LogP contribution in [-0.2, 0) is 51.6 Å². The molecule has 5 heterocycles. The van der Waals surface area contributed by atoms with Crippen LogP contribution in [0, 0.1) is 18.6 Å². The van der Waals surface area contributed by atoms with Crippen molar-refractivity contribution in [1.29, 1.82) is 0 Å². The summed E-state index contributed by atoms with van der Waals surface area (Å²) in [5.74, 6) is -6.29. The van der Waals surface area contributed by atoms with Crippen molar-refractivity contribution in [2.45, 2.75) is 142 Å². The Hall–Kier alpha value is -6.18. The predicted molar refractivity (Wildman–Crippen MR) is 246 cm³/mol. The summed E-state index contributed by atoms with van der Waals surface area (Å²) in [5, 5.41) is 6.70. The number of halogens is 2. The third-order valence-corrected chi connectivity index (χ3v) is 13.4. The molecule has 0 aliphatic carbocycles. The number of aromatic nitrogens is 1. The number of oxime groups is 1. The van der Waals surface area contributed by atoms with Gasteiger partial charge in [0, 0.05) is 60.9 Å². The molecule has 0 unspecified atom stereocenters. The van der Waals surface area contributed by atoms with Gasteiger partial charge in [-0.15, -0.1) is 0 Å². The Labute approximate surface area is 402 Å². The quantitative estimate of drug-likeness (QED) is 0.100. The highest BCUT2D eigenvalue weighted by Gasteiger charge is 2.54. The highest BCUT2D eigenvalue weighted by Crippen LogP contribution is 2.48. The molecule has 2 saturated heterocycles. The van der Waals surface area contributed by atoms with Crippen LogP contribution in [0.15, 0.2) is 46.5 Å². The summed E-state index contributed by atoms with van der Waals surface area (Å²) >= 11 is 0. The van der Waals surface area contributed by atoms with Crippen molar-refractivity contribution in [3.8, 4) is 11.5 Å². The second-order valence-corrected chi connectivity index (χ2v) is 21.2. The van der Waals surface area contributed by atoms with Crippen LogP contribution in [0.5, 0.6) is 11.5 Å². The largest absolute Gasteiger partial charge is 0.524 e. The average Bonchev–Trinajstić information content (AvgIpc) is 3.86. The third kappa shape index (κ3) is 11.1. The van der Waals surface area contributed by atoms with Crippen molar-refractivity contribution in [2.75, 3.05) is 19.9 Å². The second kappa shape index (κ2) is 19.5. The highest BCUT2D eigenvalue weighted by molar-refractivity contribution is 7.46. The molecule has 0 radical (unpaired) electrons. The molecule has 2 aromatic carbocycles. The van der Waals surface area contributed by atoms with Crippen LogP contribution in [0.1, 0.15) is 136 Å². The van der Waals surface area contributed by atoms with E-state index < -0.39 is 114 Å².